The van der Waals surface area contributed by atoms with Gasteiger partial charge in [0.05, 0.1) is 0 Å². The Labute approximate surface area is 87.6 Å². The van der Waals surface area contributed by atoms with Crippen molar-refractivity contribution in [3.05, 3.63) is 11.7 Å². The summed E-state index contributed by atoms with van der Waals surface area (Å²) in [5.74, 6) is 4.36. The third kappa shape index (κ3) is 2.27. The summed E-state index contributed by atoms with van der Waals surface area (Å²) in [4.78, 5) is 4.36. The lowest BCUT2D eigenvalue weighted by molar-refractivity contribution is 0.364. The van der Waals surface area contributed by atoms with Crippen LogP contribution in [0.1, 0.15) is 31.0 Å². The lowest BCUT2D eigenvalue weighted by atomic mass is 10.1. The molecule has 14 heavy (non-hydrogen) atoms. The highest BCUT2D eigenvalue weighted by Gasteiger charge is 2.22. The minimum Gasteiger partial charge on any atom is -0.339 e. The van der Waals surface area contributed by atoms with Crippen LogP contribution >= 0.6 is 11.8 Å². The van der Waals surface area contributed by atoms with Gasteiger partial charge in [-0.2, -0.15) is 16.7 Å². The summed E-state index contributed by atoms with van der Waals surface area (Å²) in [6.45, 7) is 1.94. The molecule has 2 N–H and O–H groups in total. The Morgan fingerprint density at radius 2 is 2.57 bits per heavy atom. The Morgan fingerprint density at radius 1 is 1.71 bits per heavy atom. The first-order valence-electron chi connectivity index (χ1n) is 4.91. The van der Waals surface area contributed by atoms with Gasteiger partial charge in [0.15, 0.2) is 5.82 Å². The average Bonchev–Trinajstić information content (AvgIpc) is 2.69. The lowest BCUT2D eigenvalue weighted by Crippen LogP contribution is -2.18. The average molecular weight is 213 g/mol. The topological polar surface area (TPSA) is 64.9 Å². The van der Waals surface area contributed by atoms with E-state index < -0.39 is 0 Å². The van der Waals surface area contributed by atoms with E-state index in [0.29, 0.717) is 18.2 Å². The molecule has 0 saturated carbocycles. The van der Waals surface area contributed by atoms with Crippen LogP contribution < -0.4 is 5.73 Å². The highest BCUT2D eigenvalue weighted by molar-refractivity contribution is 7.99. The fraction of sp³-hybridized carbons (Fsp3) is 0.778. The number of aromatic nitrogens is 2. The Kier molecular flexibility index (Phi) is 3.08. The van der Waals surface area contributed by atoms with E-state index in [1.807, 2.05) is 18.7 Å². The van der Waals surface area contributed by atoms with Crippen molar-refractivity contribution in [2.75, 3.05) is 11.5 Å². The molecule has 0 aromatic carbocycles. The number of hydrogen-bond acceptors (Lipinski definition) is 5. The highest BCUT2D eigenvalue weighted by Crippen LogP contribution is 2.30. The highest BCUT2D eigenvalue weighted by atomic mass is 32.2. The molecule has 1 aliphatic heterocycles. The molecule has 2 heterocycles. The normalized spacial score (nSPS) is 24.0. The maximum absolute atomic E-state index is 5.66. The summed E-state index contributed by atoms with van der Waals surface area (Å²) in [6, 6.07) is 0.0845. The largest absolute Gasteiger partial charge is 0.339 e. The summed E-state index contributed by atoms with van der Waals surface area (Å²) in [7, 11) is 0. The molecule has 1 fully saturated rings. The van der Waals surface area contributed by atoms with Crippen LogP contribution in [0.25, 0.3) is 0 Å². The SMILES string of the molecule is CC(N)Cc1nc(C2CCSC2)no1. The fourth-order valence-corrected chi connectivity index (χ4v) is 2.75. The second-order valence-electron chi connectivity index (χ2n) is 3.79. The molecular weight excluding hydrogens is 198 g/mol. The standard InChI is InChI=1S/C9H15N3OS/c1-6(10)4-8-11-9(12-13-8)7-2-3-14-5-7/h6-7H,2-5,10H2,1H3. The van der Waals surface area contributed by atoms with Crippen molar-refractivity contribution in [1.82, 2.24) is 10.1 Å². The Hall–Kier alpha value is -0.550. The number of nitrogens with two attached hydrogens (primary N) is 1. The molecule has 4 nitrogen and oxygen atoms in total. The first kappa shape index (κ1) is 9.98. The third-order valence-corrected chi connectivity index (χ3v) is 3.44. The zero-order valence-electron chi connectivity index (χ0n) is 8.27. The van der Waals surface area contributed by atoms with Gasteiger partial charge in [0, 0.05) is 24.1 Å². The fourth-order valence-electron chi connectivity index (χ4n) is 1.53. The summed E-state index contributed by atoms with van der Waals surface area (Å²) < 4.78 is 5.14. The van der Waals surface area contributed by atoms with Crippen molar-refractivity contribution in [3.63, 3.8) is 0 Å². The number of nitrogens with zero attached hydrogens (tertiary/aromatic N) is 2. The van der Waals surface area contributed by atoms with Gasteiger partial charge in [-0.05, 0) is 19.1 Å². The maximum Gasteiger partial charge on any atom is 0.228 e. The summed E-state index contributed by atoms with van der Waals surface area (Å²) in [5, 5.41) is 4.00. The molecule has 0 aliphatic carbocycles. The van der Waals surface area contributed by atoms with E-state index in [1.54, 1.807) is 0 Å². The second kappa shape index (κ2) is 4.31. The molecule has 1 aliphatic rings. The van der Waals surface area contributed by atoms with E-state index in [1.165, 1.54) is 12.2 Å². The molecule has 2 unspecified atom stereocenters. The second-order valence-corrected chi connectivity index (χ2v) is 4.94. The van der Waals surface area contributed by atoms with Gasteiger partial charge in [-0.1, -0.05) is 5.16 Å². The van der Waals surface area contributed by atoms with Crippen LogP contribution in [0, 0.1) is 0 Å². The van der Waals surface area contributed by atoms with Crippen LogP contribution in [0.5, 0.6) is 0 Å². The van der Waals surface area contributed by atoms with Crippen molar-refractivity contribution in [1.29, 1.82) is 0 Å². The van der Waals surface area contributed by atoms with E-state index in [9.17, 15) is 0 Å². The van der Waals surface area contributed by atoms with Crippen LogP contribution in [0.4, 0.5) is 0 Å². The third-order valence-electron chi connectivity index (χ3n) is 2.28. The molecule has 5 heteroatoms. The molecule has 0 spiro atoms. The van der Waals surface area contributed by atoms with Gasteiger partial charge in [-0.3, -0.25) is 0 Å². The van der Waals surface area contributed by atoms with Crippen molar-refractivity contribution >= 4 is 11.8 Å². The monoisotopic (exact) mass is 213 g/mol. The van der Waals surface area contributed by atoms with Crippen LogP contribution in [0.2, 0.25) is 0 Å². The van der Waals surface area contributed by atoms with E-state index in [-0.39, 0.29) is 6.04 Å². The Bertz CT molecular complexity index is 294. The smallest absolute Gasteiger partial charge is 0.228 e. The van der Waals surface area contributed by atoms with Crippen molar-refractivity contribution in [2.24, 2.45) is 5.73 Å². The first-order valence-corrected chi connectivity index (χ1v) is 6.07. The molecule has 78 valence electrons. The van der Waals surface area contributed by atoms with Crippen molar-refractivity contribution in [3.8, 4) is 0 Å². The van der Waals surface area contributed by atoms with Gasteiger partial charge in [0.1, 0.15) is 0 Å². The molecule has 1 aromatic rings. The van der Waals surface area contributed by atoms with Gasteiger partial charge < -0.3 is 10.3 Å². The first-order chi connectivity index (χ1) is 6.75. The number of hydrogen-bond donors (Lipinski definition) is 1. The molecule has 1 aromatic heterocycles. The summed E-state index contributed by atoms with van der Waals surface area (Å²) in [6.07, 6.45) is 1.84. The van der Waals surface area contributed by atoms with Crippen molar-refractivity contribution < 1.29 is 4.52 Å². The molecule has 2 atom stereocenters. The van der Waals surface area contributed by atoms with Crippen LogP contribution in [0.15, 0.2) is 4.52 Å². The lowest BCUT2D eigenvalue weighted by Gasteiger charge is -1.99. The van der Waals surface area contributed by atoms with E-state index in [4.69, 9.17) is 10.3 Å². The van der Waals surface area contributed by atoms with E-state index in [2.05, 4.69) is 10.1 Å². The molecule has 0 bridgehead atoms. The minimum atomic E-state index is 0.0845. The number of rotatable bonds is 3. The summed E-state index contributed by atoms with van der Waals surface area (Å²) in [5.41, 5.74) is 5.66. The number of thioether (sulfide) groups is 1. The minimum absolute atomic E-state index is 0.0845. The molecule has 1 saturated heterocycles. The van der Waals surface area contributed by atoms with Gasteiger partial charge >= 0.3 is 0 Å². The zero-order chi connectivity index (χ0) is 9.97. The van der Waals surface area contributed by atoms with Crippen molar-refractivity contribution in [2.45, 2.75) is 31.7 Å². The molecule has 0 amide bonds. The summed E-state index contributed by atoms with van der Waals surface area (Å²) >= 11 is 1.95. The Morgan fingerprint density at radius 3 is 3.21 bits per heavy atom. The predicted octanol–water partition coefficient (Wildman–Crippen LogP) is 1.18. The van der Waals surface area contributed by atoms with Gasteiger partial charge in [-0.15, -0.1) is 0 Å². The van der Waals surface area contributed by atoms with Gasteiger partial charge in [0.2, 0.25) is 5.89 Å². The Balaban J connectivity index is 2.01. The van der Waals surface area contributed by atoms with Gasteiger partial charge in [0.25, 0.3) is 0 Å². The molecule has 2 rings (SSSR count). The molecule has 0 radical (unpaired) electrons. The van der Waals surface area contributed by atoms with Crippen LogP contribution in [-0.4, -0.2) is 27.7 Å². The van der Waals surface area contributed by atoms with Gasteiger partial charge in [-0.25, -0.2) is 0 Å². The van der Waals surface area contributed by atoms with Crippen LogP contribution in [0.3, 0.4) is 0 Å². The van der Waals surface area contributed by atoms with E-state index in [0.717, 1.165) is 11.6 Å². The molecular formula is C9H15N3OS. The van der Waals surface area contributed by atoms with E-state index >= 15 is 0 Å². The predicted molar refractivity (Wildman–Crippen MR) is 56.3 cm³/mol. The quantitative estimate of drug-likeness (QED) is 0.816. The zero-order valence-corrected chi connectivity index (χ0v) is 9.09. The van der Waals surface area contributed by atoms with Crippen LogP contribution in [-0.2, 0) is 6.42 Å². The maximum atomic E-state index is 5.66.